The molecule has 0 spiro atoms. The Morgan fingerprint density at radius 1 is 0.892 bits per heavy atom. The maximum Gasteiger partial charge on any atom is 0.251 e. The highest BCUT2D eigenvalue weighted by Gasteiger charge is 2.22. The van der Waals surface area contributed by atoms with E-state index in [9.17, 15) is 14.3 Å². The van der Waals surface area contributed by atoms with Gasteiger partial charge in [0, 0.05) is 28.6 Å². The second kappa shape index (κ2) is 10.8. The number of aliphatic hydroxyl groups excluding tert-OH is 1. The molecule has 186 valence electrons. The maximum atomic E-state index is 13.5. The van der Waals surface area contributed by atoms with Gasteiger partial charge in [-0.25, -0.2) is 4.39 Å². The second-order valence-electron chi connectivity index (χ2n) is 8.83. The van der Waals surface area contributed by atoms with Crippen LogP contribution in [0.15, 0.2) is 101 Å². The maximum absolute atomic E-state index is 13.5. The highest BCUT2D eigenvalue weighted by atomic mass is 19.1. The second-order valence-corrected chi connectivity index (χ2v) is 8.83. The molecule has 5 aromatic rings. The fourth-order valence-electron chi connectivity index (χ4n) is 4.43. The van der Waals surface area contributed by atoms with Crippen LogP contribution >= 0.6 is 0 Å². The average Bonchev–Trinajstić information content (AvgIpc) is 3.32. The van der Waals surface area contributed by atoms with E-state index in [4.69, 9.17) is 4.42 Å². The van der Waals surface area contributed by atoms with E-state index in [0.717, 1.165) is 22.9 Å². The Kier molecular flexibility index (Phi) is 7.12. The first-order chi connectivity index (χ1) is 18.0. The lowest BCUT2D eigenvalue weighted by molar-refractivity contribution is 0.0954. The van der Waals surface area contributed by atoms with Crippen LogP contribution in [0.4, 0.5) is 4.39 Å². The SMILES string of the molecule is CNC(O)c1c(-c2ccc(F)cc2)oc2ccc(-c3cccc(C(=O)NCCc4ccccc4)c3)cc12. The Labute approximate surface area is 214 Å². The number of carbonyl (C=O) groups is 1. The van der Waals surface area contributed by atoms with Crippen LogP contribution in [0.1, 0.15) is 27.7 Å². The summed E-state index contributed by atoms with van der Waals surface area (Å²) in [5, 5.41) is 17.3. The molecule has 4 aromatic carbocycles. The standard InChI is InChI=1S/C31H27FN2O3/c1-33-31(36)28-26-19-23(12-15-27(26)37-29(28)21-10-13-25(32)14-11-21)22-8-5-9-24(18-22)30(35)34-17-16-20-6-3-2-4-7-20/h2-15,18-19,31,33,36H,16-17H2,1H3,(H,34,35). The predicted octanol–water partition coefficient (Wildman–Crippen LogP) is 6.09. The first-order valence-corrected chi connectivity index (χ1v) is 12.1. The fourth-order valence-corrected chi connectivity index (χ4v) is 4.43. The summed E-state index contributed by atoms with van der Waals surface area (Å²) in [7, 11) is 1.65. The third-order valence-corrected chi connectivity index (χ3v) is 6.38. The molecule has 0 aliphatic carbocycles. The van der Waals surface area contributed by atoms with Crippen molar-refractivity contribution < 1.29 is 18.7 Å². The Morgan fingerprint density at radius 2 is 1.62 bits per heavy atom. The van der Waals surface area contributed by atoms with Gasteiger partial charge >= 0.3 is 0 Å². The number of rotatable bonds is 8. The third-order valence-electron chi connectivity index (χ3n) is 6.38. The van der Waals surface area contributed by atoms with Crippen LogP contribution in [0.5, 0.6) is 0 Å². The van der Waals surface area contributed by atoms with Gasteiger partial charge in [0.25, 0.3) is 5.91 Å². The van der Waals surface area contributed by atoms with Crippen molar-refractivity contribution in [2.45, 2.75) is 12.6 Å². The van der Waals surface area contributed by atoms with Crippen molar-refractivity contribution in [1.82, 2.24) is 10.6 Å². The van der Waals surface area contributed by atoms with Gasteiger partial charge in [-0.2, -0.15) is 0 Å². The number of hydrogen-bond donors (Lipinski definition) is 3. The van der Waals surface area contributed by atoms with Gasteiger partial charge in [-0.1, -0.05) is 48.5 Å². The molecule has 1 atom stereocenters. The zero-order valence-corrected chi connectivity index (χ0v) is 20.4. The quantitative estimate of drug-likeness (QED) is 0.228. The minimum absolute atomic E-state index is 0.132. The van der Waals surface area contributed by atoms with Crippen LogP contribution in [-0.2, 0) is 6.42 Å². The van der Waals surface area contributed by atoms with E-state index in [1.54, 1.807) is 25.2 Å². The number of aliphatic hydroxyl groups is 1. The van der Waals surface area contributed by atoms with Crippen LogP contribution in [0.3, 0.4) is 0 Å². The van der Waals surface area contributed by atoms with Crippen molar-refractivity contribution >= 4 is 16.9 Å². The van der Waals surface area contributed by atoms with Crippen molar-refractivity contribution in [3.63, 3.8) is 0 Å². The highest BCUT2D eigenvalue weighted by molar-refractivity contribution is 5.96. The van der Waals surface area contributed by atoms with Gasteiger partial charge in [-0.15, -0.1) is 0 Å². The molecule has 3 N–H and O–H groups in total. The van der Waals surface area contributed by atoms with E-state index in [2.05, 4.69) is 10.6 Å². The first kappa shape index (κ1) is 24.4. The summed E-state index contributed by atoms with van der Waals surface area (Å²) in [6, 6.07) is 29.1. The Bertz CT molecular complexity index is 1530. The summed E-state index contributed by atoms with van der Waals surface area (Å²) in [5.41, 5.74) is 5.32. The molecule has 1 unspecified atom stereocenters. The van der Waals surface area contributed by atoms with E-state index >= 15 is 0 Å². The van der Waals surface area contributed by atoms with E-state index in [1.165, 1.54) is 17.7 Å². The summed E-state index contributed by atoms with van der Waals surface area (Å²) in [5.74, 6) is -0.00514. The van der Waals surface area contributed by atoms with Crippen LogP contribution in [0.25, 0.3) is 33.4 Å². The third kappa shape index (κ3) is 5.31. The lowest BCUT2D eigenvalue weighted by atomic mass is 9.98. The number of amides is 1. The summed E-state index contributed by atoms with van der Waals surface area (Å²) in [4.78, 5) is 12.8. The minimum atomic E-state index is -0.988. The normalized spacial score (nSPS) is 12.0. The molecule has 6 heteroatoms. The lowest BCUT2D eigenvalue weighted by Crippen LogP contribution is -2.25. The van der Waals surface area contributed by atoms with E-state index < -0.39 is 6.23 Å². The number of hydrogen-bond acceptors (Lipinski definition) is 4. The topological polar surface area (TPSA) is 74.5 Å². The predicted molar refractivity (Wildman–Crippen MR) is 144 cm³/mol. The van der Waals surface area contributed by atoms with Gasteiger partial charge in [0.1, 0.15) is 23.4 Å². The van der Waals surface area contributed by atoms with Gasteiger partial charge in [-0.05, 0) is 78.7 Å². The molecule has 0 fully saturated rings. The highest BCUT2D eigenvalue weighted by Crippen LogP contribution is 2.38. The first-order valence-electron chi connectivity index (χ1n) is 12.1. The molecular weight excluding hydrogens is 467 g/mol. The van der Waals surface area contributed by atoms with E-state index in [1.807, 2.05) is 66.7 Å². The van der Waals surface area contributed by atoms with Crippen molar-refractivity contribution in [1.29, 1.82) is 0 Å². The van der Waals surface area contributed by atoms with Crippen LogP contribution in [0, 0.1) is 5.82 Å². The molecule has 37 heavy (non-hydrogen) atoms. The number of furan rings is 1. The summed E-state index contributed by atoms with van der Waals surface area (Å²) < 4.78 is 19.6. The van der Waals surface area contributed by atoms with Crippen molar-refractivity contribution in [2.24, 2.45) is 0 Å². The molecule has 0 aliphatic heterocycles. The zero-order chi connectivity index (χ0) is 25.8. The molecule has 0 aliphatic rings. The molecule has 5 rings (SSSR count). The van der Waals surface area contributed by atoms with Gasteiger partial charge < -0.3 is 14.8 Å². The largest absolute Gasteiger partial charge is 0.456 e. The average molecular weight is 495 g/mol. The van der Waals surface area contributed by atoms with Gasteiger partial charge in [0.15, 0.2) is 0 Å². The molecule has 1 amide bonds. The fraction of sp³-hybridized carbons (Fsp3) is 0.129. The smallest absolute Gasteiger partial charge is 0.251 e. The summed E-state index contributed by atoms with van der Waals surface area (Å²) in [6.07, 6.45) is -0.227. The minimum Gasteiger partial charge on any atom is -0.456 e. The number of carbonyl (C=O) groups excluding carboxylic acids is 1. The molecular formula is C31H27FN2O3. The van der Waals surface area contributed by atoms with Crippen LogP contribution < -0.4 is 10.6 Å². The van der Waals surface area contributed by atoms with Crippen molar-refractivity contribution in [3.05, 3.63) is 120 Å². The lowest BCUT2D eigenvalue weighted by Gasteiger charge is -2.11. The zero-order valence-electron chi connectivity index (χ0n) is 20.4. The van der Waals surface area contributed by atoms with Crippen molar-refractivity contribution in [2.75, 3.05) is 13.6 Å². The van der Waals surface area contributed by atoms with Gasteiger partial charge in [-0.3, -0.25) is 10.1 Å². The number of fused-ring (bicyclic) bond motifs is 1. The van der Waals surface area contributed by atoms with Crippen molar-refractivity contribution in [3.8, 4) is 22.5 Å². The molecule has 0 bridgehead atoms. The Hall–Kier alpha value is -4.26. The number of benzene rings is 4. The number of halogens is 1. The van der Waals surface area contributed by atoms with E-state index in [0.29, 0.717) is 34.6 Å². The molecule has 0 radical (unpaired) electrons. The molecule has 0 saturated heterocycles. The Morgan fingerprint density at radius 3 is 2.38 bits per heavy atom. The number of nitrogens with one attached hydrogen (secondary N) is 2. The van der Waals surface area contributed by atoms with Crippen LogP contribution in [0.2, 0.25) is 0 Å². The molecule has 0 saturated carbocycles. The van der Waals surface area contributed by atoms with Gasteiger partial charge in [0.05, 0.1) is 0 Å². The molecule has 5 nitrogen and oxygen atoms in total. The summed E-state index contributed by atoms with van der Waals surface area (Å²) in [6.45, 7) is 0.547. The summed E-state index contributed by atoms with van der Waals surface area (Å²) >= 11 is 0. The molecule has 1 aromatic heterocycles. The van der Waals surface area contributed by atoms with E-state index in [-0.39, 0.29) is 11.7 Å². The monoisotopic (exact) mass is 494 g/mol. The Balaban J connectivity index is 1.44. The van der Waals surface area contributed by atoms with Gasteiger partial charge in [0.2, 0.25) is 0 Å². The van der Waals surface area contributed by atoms with Crippen LogP contribution in [-0.4, -0.2) is 24.6 Å². The molecule has 1 heterocycles.